The first-order valence-electron chi connectivity index (χ1n) is 4.47. The molecule has 3 N–H and O–H groups in total. The molecule has 0 radical (unpaired) electrons. The smallest absolute Gasteiger partial charge is 0.142 e. The number of aliphatic hydroxyl groups is 1. The molecule has 5 heteroatoms. The number of aliphatic hydroxyl groups excluding tert-OH is 1. The molecule has 0 bridgehead atoms. The molecule has 86 valence electrons. The quantitative estimate of drug-likeness (QED) is 0.867. The van der Waals surface area contributed by atoms with Gasteiger partial charge in [-0.1, -0.05) is 23.7 Å². The fourth-order valence-electron chi connectivity index (χ4n) is 1.27. The van der Waals surface area contributed by atoms with Crippen molar-refractivity contribution in [1.82, 2.24) is 0 Å². The maximum atomic E-state index is 13.0. The molecule has 0 aliphatic rings. The van der Waals surface area contributed by atoms with E-state index in [0.29, 0.717) is 18.4 Å². The van der Waals surface area contributed by atoms with Gasteiger partial charge in [-0.3, -0.25) is 0 Å². The van der Waals surface area contributed by atoms with Gasteiger partial charge in [0.2, 0.25) is 0 Å². The Morgan fingerprint density at radius 2 is 2.13 bits per heavy atom. The van der Waals surface area contributed by atoms with Gasteiger partial charge in [-0.05, 0) is 24.5 Å². The molecule has 0 saturated carbocycles. The number of halogens is 3. The average Bonchev–Trinajstić information content (AvgIpc) is 2.18. The summed E-state index contributed by atoms with van der Waals surface area (Å²) < 4.78 is 13.0. The monoisotopic (exact) mass is 253 g/mol. The molecule has 0 aliphatic carbocycles. The van der Waals surface area contributed by atoms with E-state index < -0.39 is 5.82 Å². The highest BCUT2D eigenvalue weighted by molar-refractivity contribution is 6.31. The molecular weight excluding hydrogens is 240 g/mol. The number of benzene rings is 1. The van der Waals surface area contributed by atoms with E-state index >= 15 is 0 Å². The van der Waals surface area contributed by atoms with Crippen molar-refractivity contribution in [3.05, 3.63) is 34.6 Å². The van der Waals surface area contributed by atoms with Gasteiger partial charge in [0.25, 0.3) is 0 Å². The zero-order chi connectivity index (χ0) is 10.6. The molecule has 0 aromatic heterocycles. The molecule has 1 rings (SSSR count). The summed E-state index contributed by atoms with van der Waals surface area (Å²) in [6, 6.07) is 4.26. The minimum atomic E-state index is -0.455. The Kier molecular flexibility index (Phi) is 6.85. The molecule has 0 spiro atoms. The molecule has 1 aromatic carbocycles. The highest BCUT2D eigenvalue weighted by Gasteiger charge is 2.12. The van der Waals surface area contributed by atoms with Crippen molar-refractivity contribution in [1.29, 1.82) is 0 Å². The Morgan fingerprint density at radius 1 is 1.47 bits per heavy atom. The van der Waals surface area contributed by atoms with Gasteiger partial charge in [0, 0.05) is 12.6 Å². The van der Waals surface area contributed by atoms with Crippen LogP contribution < -0.4 is 5.73 Å². The number of nitrogens with two attached hydrogens (primary N) is 1. The minimum absolute atomic E-state index is 0. The van der Waals surface area contributed by atoms with Crippen LogP contribution in [0.15, 0.2) is 18.2 Å². The van der Waals surface area contributed by atoms with Gasteiger partial charge < -0.3 is 10.8 Å². The van der Waals surface area contributed by atoms with Crippen LogP contribution in [0.5, 0.6) is 0 Å². The summed E-state index contributed by atoms with van der Waals surface area (Å²) >= 11 is 5.75. The average molecular weight is 254 g/mol. The van der Waals surface area contributed by atoms with Crippen LogP contribution in [0, 0.1) is 5.82 Å². The van der Waals surface area contributed by atoms with Crippen LogP contribution in [0.1, 0.15) is 24.4 Å². The van der Waals surface area contributed by atoms with E-state index in [4.69, 9.17) is 22.4 Å². The summed E-state index contributed by atoms with van der Waals surface area (Å²) in [5.74, 6) is -0.455. The normalized spacial score (nSPS) is 12.0. The second-order valence-electron chi connectivity index (χ2n) is 3.12. The Morgan fingerprint density at radius 3 is 2.73 bits per heavy atom. The SMILES string of the molecule is Cl.N[C@@H](CCCO)c1cccc(F)c1Cl. The van der Waals surface area contributed by atoms with E-state index in [2.05, 4.69) is 0 Å². The van der Waals surface area contributed by atoms with Crippen molar-refractivity contribution >= 4 is 24.0 Å². The summed E-state index contributed by atoms with van der Waals surface area (Å²) in [4.78, 5) is 0. The topological polar surface area (TPSA) is 46.2 Å². The fourth-order valence-corrected chi connectivity index (χ4v) is 1.54. The van der Waals surface area contributed by atoms with Crippen LogP contribution in [-0.4, -0.2) is 11.7 Å². The Balaban J connectivity index is 0.00000196. The lowest BCUT2D eigenvalue weighted by Crippen LogP contribution is -2.11. The number of rotatable bonds is 4. The van der Waals surface area contributed by atoms with Gasteiger partial charge in [0.1, 0.15) is 5.82 Å². The Hall–Kier alpha value is -0.350. The van der Waals surface area contributed by atoms with Crippen molar-refractivity contribution in [3.63, 3.8) is 0 Å². The van der Waals surface area contributed by atoms with Crippen LogP contribution in [0.3, 0.4) is 0 Å². The van der Waals surface area contributed by atoms with Crippen LogP contribution in [-0.2, 0) is 0 Å². The third kappa shape index (κ3) is 3.95. The molecule has 1 atom stereocenters. The number of hydrogen-bond donors (Lipinski definition) is 2. The van der Waals surface area contributed by atoms with E-state index in [9.17, 15) is 4.39 Å². The second kappa shape index (κ2) is 7.01. The summed E-state index contributed by atoms with van der Waals surface area (Å²) in [5.41, 5.74) is 6.39. The largest absolute Gasteiger partial charge is 0.396 e. The van der Waals surface area contributed by atoms with Crippen LogP contribution in [0.2, 0.25) is 5.02 Å². The molecule has 0 saturated heterocycles. The summed E-state index contributed by atoms with van der Waals surface area (Å²) in [6.45, 7) is 0.0840. The van der Waals surface area contributed by atoms with E-state index in [1.165, 1.54) is 6.07 Å². The fraction of sp³-hybridized carbons (Fsp3) is 0.400. The van der Waals surface area contributed by atoms with Crippen molar-refractivity contribution in [2.75, 3.05) is 6.61 Å². The van der Waals surface area contributed by atoms with E-state index in [-0.39, 0.29) is 30.1 Å². The van der Waals surface area contributed by atoms with Crippen molar-refractivity contribution in [2.24, 2.45) is 5.73 Å². The Bertz CT molecular complexity index is 309. The molecule has 0 fully saturated rings. The zero-order valence-corrected chi connectivity index (χ0v) is 9.69. The summed E-state index contributed by atoms with van der Waals surface area (Å²) in [7, 11) is 0. The lowest BCUT2D eigenvalue weighted by atomic mass is 10.0. The standard InChI is InChI=1S/C10H13ClFNO.ClH/c11-10-7(3-1-4-8(10)12)9(13)5-2-6-14;/h1,3-4,9,14H,2,5-6,13H2;1H/t9-;/m0./s1. The molecular formula is C10H14Cl2FNO. The molecule has 2 nitrogen and oxygen atoms in total. The second-order valence-corrected chi connectivity index (χ2v) is 3.49. The first-order chi connectivity index (χ1) is 6.66. The van der Waals surface area contributed by atoms with Gasteiger partial charge in [0.15, 0.2) is 0 Å². The molecule has 0 unspecified atom stereocenters. The summed E-state index contributed by atoms with van der Waals surface area (Å²) in [5, 5.41) is 8.70. The van der Waals surface area contributed by atoms with Gasteiger partial charge in [-0.15, -0.1) is 12.4 Å². The number of hydrogen-bond acceptors (Lipinski definition) is 2. The highest BCUT2D eigenvalue weighted by Crippen LogP contribution is 2.26. The maximum Gasteiger partial charge on any atom is 0.142 e. The minimum Gasteiger partial charge on any atom is -0.396 e. The predicted molar refractivity (Wildman–Crippen MR) is 61.9 cm³/mol. The first kappa shape index (κ1) is 14.6. The van der Waals surface area contributed by atoms with Gasteiger partial charge in [0.05, 0.1) is 5.02 Å². The van der Waals surface area contributed by atoms with Gasteiger partial charge >= 0.3 is 0 Å². The van der Waals surface area contributed by atoms with E-state index in [0.717, 1.165) is 0 Å². The van der Waals surface area contributed by atoms with Gasteiger partial charge in [-0.25, -0.2) is 4.39 Å². The third-order valence-corrected chi connectivity index (χ3v) is 2.45. The molecule has 0 aliphatic heterocycles. The van der Waals surface area contributed by atoms with Gasteiger partial charge in [-0.2, -0.15) is 0 Å². The summed E-state index contributed by atoms with van der Waals surface area (Å²) in [6.07, 6.45) is 1.19. The maximum absolute atomic E-state index is 13.0. The highest BCUT2D eigenvalue weighted by atomic mass is 35.5. The molecule has 1 aromatic rings. The molecule has 15 heavy (non-hydrogen) atoms. The zero-order valence-electron chi connectivity index (χ0n) is 8.12. The van der Waals surface area contributed by atoms with E-state index in [1.807, 2.05) is 0 Å². The third-order valence-electron chi connectivity index (χ3n) is 2.05. The lowest BCUT2D eigenvalue weighted by molar-refractivity contribution is 0.280. The predicted octanol–water partition coefficient (Wildman–Crippen LogP) is 2.67. The van der Waals surface area contributed by atoms with Crippen LogP contribution in [0.25, 0.3) is 0 Å². The first-order valence-corrected chi connectivity index (χ1v) is 4.85. The van der Waals surface area contributed by atoms with Crippen LogP contribution >= 0.6 is 24.0 Å². The van der Waals surface area contributed by atoms with Crippen molar-refractivity contribution in [2.45, 2.75) is 18.9 Å². The Labute approximate surface area is 99.6 Å². The lowest BCUT2D eigenvalue weighted by Gasteiger charge is -2.12. The van der Waals surface area contributed by atoms with Crippen LogP contribution in [0.4, 0.5) is 4.39 Å². The molecule has 0 amide bonds. The van der Waals surface area contributed by atoms with Crippen molar-refractivity contribution < 1.29 is 9.50 Å². The van der Waals surface area contributed by atoms with E-state index in [1.54, 1.807) is 12.1 Å². The molecule has 0 heterocycles. The van der Waals surface area contributed by atoms with Crippen molar-refractivity contribution in [3.8, 4) is 0 Å².